The Hall–Kier alpha value is -3.57. The van der Waals surface area contributed by atoms with Crippen molar-refractivity contribution in [2.75, 3.05) is 0 Å². The van der Waals surface area contributed by atoms with Gasteiger partial charge in [-0.2, -0.15) is 5.10 Å². The summed E-state index contributed by atoms with van der Waals surface area (Å²) < 4.78 is 4.05. The van der Waals surface area contributed by atoms with Gasteiger partial charge in [-0.15, -0.1) is 0 Å². The van der Waals surface area contributed by atoms with Crippen LogP contribution in [0.4, 0.5) is 0 Å². The summed E-state index contributed by atoms with van der Waals surface area (Å²) in [5, 5.41) is 5.53. The van der Waals surface area contributed by atoms with Crippen LogP contribution in [0.5, 0.6) is 0 Å². The molecule has 1 amide bonds. The summed E-state index contributed by atoms with van der Waals surface area (Å²) in [7, 11) is 0. The number of hydrogen-bond acceptors (Lipinski definition) is 2. The number of fused-ring (bicyclic) bond motifs is 1. The normalized spacial score (nSPS) is 13.2. The summed E-state index contributed by atoms with van der Waals surface area (Å²) in [6, 6.07) is 19.7. The monoisotopic (exact) mass is 428 g/mol. The Morgan fingerprint density at radius 2 is 1.74 bits per heavy atom. The molecule has 154 valence electrons. The Bertz CT molecular complexity index is 1290. The second-order valence-corrected chi connectivity index (χ2v) is 7.99. The Morgan fingerprint density at radius 1 is 1.00 bits per heavy atom. The maximum absolute atomic E-state index is 12.9. The van der Waals surface area contributed by atoms with Crippen LogP contribution < -0.4 is 0 Å². The van der Waals surface area contributed by atoms with Gasteiger partial charge in [-0.25, -0.2) is 4.68 Å². The molecule has 0 unspecified atom stereocenters. The van der Waals surface area contributed by atoms with Gasteiger partial charge in [0, 0.05) is 29.1 Å². The van der Waals surface area contributed by atoms with Gasteiger partial charge in [-0.05, 0) is 48.4 Å². The Labute approximate surface area is 185 Å². The molecule has 5 nitrogen and oxygen atoms in total. The maximum atomic E-state index is 12.9. The summed E-state index contributed by atoms with van der Waals surface area (Å²) in [5.74, 6) is 0.915. The van der Waals surface area contributed by atoms with Crippen molar-refractivity contribution >= 4 is 23.6 Å². The number of rotatable bonds is 4. The fraction of sp³-hybridized carbons (Fsp3) is 0.120. The van der Waals surface area contributed by atoms with E-state index in [4.69, 9.17) is 16.7 Å². The molecule has 1 aliphatic heterocycles. The molecule has 6 heteroatoms. The lowest BCUT2D eigenvalue weighted by molar-refractivity contribution is -0.126. The number of nitrogens with zero attached hydrogens (tertiary/aromatic N) is 4. The van der Waals surface area contributed by atoms with Crippen molar-refractivity contribution in [3.63, 3.8) is 0 Å². The minimum absolute atomic E-state index is 0.0567. The van der Waals surface area contributed by atoms with E-state index >= 15 is 0 Å². The van der Waals surface area contributed by atoms with Crippen molar-refractivity contribution < 1.29 is 4.79 Å². The maximum Gasteiger partial charge on any atom is 0.247 e. The van der Waals surface area contributed by atoms with Crippen molar-refractivity contribution in [2.45, 2.75) is 20.0 Å². The molecule has 2 aromatic carbocycles. The first-order valence-corrected chi connectivity index (χ1v) is 10.5. The van der Waals surface area contributed by atoms with Crippen molar-refractivity contribution in [1.29, 1.82) is 0 Å². The van der Waals surface area contributed by atoms with Crippen LogP contribution in [-0.2, 0) is 17.9 Å². The molecule has 1 aliphatic rings. The van der Waals surface area contributed by atoms with E-state index in [2.05, 4.69) is 23.6 Å². The lowest BCUT2D eigenvalue weighted by atomic mass is 10.2. The molecule has 0 saturated carbocycles. The number of aromatic nitrogens is 3. The van der Waals surface area contributed by atoms with E-state index in [1.165, 1.54) is 0 Å². The minimum Gasteiger partial charge on any atom is -0.329 e. The van der Waals surface area contributed by atoms with E-state index in [-0.39, 0.29) is 5.91 Å². The third-order valence-electron chi connectivity index (χ3n) is 5.54. The van der Waals surface area contributed by atoms with Crippen LogP contribution in [0.1, 0.15) is 22.4 Å². The second kappa shape index (κ2) is 7.93. The van der Waals surface area contributed by atoms with E-state index in [0.717, 1.165) is 33.9 Å². The largest absolute Gasteiger partial charge is 0.329 e. The zero-order valence-electron chi connectivity index (χ0n) is 17.1. The first-order valence-electron chi connectivity index (χ1n) is 10.1. The average Bonchev–Trinajstić information content (AvgIpc) is 3.49. The first-order chi connectivity index (χ1) is 15.1. The second-order valence-electron chi connectivity index (χ2n) is 7.59. The number of aryl methyl sites for hydroxylation is 1. The van der Waals surface area contributed by atoms with Crippen LogP contribution in [0.3, 0.4) is 0 Å². The molecule has 0 saturated heterocycles. The van der Waals surface area contributed by atoms with Crippen LogP contribution in [0.2, 0.25) is 5.02 Å². The summed E-state index contributed by atoms with van der Waals surface area (Å²) in [6.45, 7) is 3.07. The van der Waals surface area contributed by atoms with E-state index < -0.39 is 0 Å². The Balaban J connectivity index is 1.47. The van der Waals surface area contributed by atoms with Gasteiger partial charge in [-0.3, -0.25) is 4.79 Å². The third kappa shape index (κ3) is 3.57. The van der Waals surface area contributed by atoms with Crippen LogP contribution in [-0.4, -0.2) is 25.2 Å². The molecule has 31 heavy (non-hydrogen) atoms. The smallest absolute Gasteiger partial charge is 0.247 e. The quantitative estimate of drug-likeness (QED) is 0.420. The minimum atomic E-state index is -0.0567. The Kier molecular flexibility index (Phi) is 4.96. The molecule has 0 bridgehead atoms. The SMILES string of the molecule is Cc1ccccc1-n1nc2c(c1-n1cccc1)CN(C(=O)/C=C/c1ccccc1Cl)C2. The highest BCUT2D eigenvalue weighted by molar-refractivity contribution is 6.32. The van der Waals surface area contributed by atoms with Gasteiger partial charge in [-0.1, -0.05) is 48.0 Å². The lowest BCUT2D eigenvalue weighted by Crippen LogP contribution is -2.24. The topological polar surface area (TPSA) is 43.1 Å². The molecule has 0 atom stereocenters. The first kappa shape index (κ1) is 19.4. The fourth-order valence-corrected chi connectivity index (χ4v) is 4.14. The van der Waals surface area contributed by atoms with E-state index in [0.29, 0.717) is 18.1 Å². The van der Waals surface area contributed by atoms with Gasteiger partial charge in [0.15, 0.2) is 0 Å². The molecule has 0 spiro atoms. The number of amides is 1. The Morgan fingerprint density at radius 3 is 2.52 bits per heavy atom. The molecular weight excluding hydrogens is 408 g/mol. The van der Waals surface area contributed by atoms with Gasteiger partial charge in [0.25, 0.3) is 0 Å². The standard InChI is InChI=1S/C25H21ClN4O/c1-18-8-2-5-11-23(18)30-25(28-14-6-7-15-28)20-16-29(17-22(20)27-30)24(31)13-12-19-9-3-4-10-21(19)26/h2-15H,16-17H2,1H3/b13-12+. The molecular formula is C25H21ClN4O. The average molecular weight is 429 g/mol. The zero-order valence-corrected chi connectivity index (χ0v) is 17.8. The molecule has 0 aliphatic carbocycles. The van der Waals surface area contributed by atoms with Gasteiger partial charge in [0.1, 0.15) is 5.82 Å². The van der Waals surface area contributed by atoms with E-state index in [1.54, 1.807) is 17.1 Å². The van der Waals surface area contributed by atoms with Crippen LogP contribution in [0, 0.1) is 6.92 Å². The van der Waals surface area contributed by atoms with Crippen LogP contribution >= 0.6 is 11.6 Å². The molecule has 0 fully saturated rings. The van der Waals surface area contributed by atoms with E-state index in [1.807, 2.05) is 65.6 Å². The van der Waals surface area contributed by atoms with Crippen molar-refractivity contribution in [1.82, 2.24) is 19.2 Å². The molecule has 0 N–H and O–H groups in total. The van der Waals surface area contributed by atoms with Gasteiger partial charge >= 0.3 is 0 Å². The highest BCUT2D eigenvalue weighted by atomic mass is 35.5. The number of carbonyl (C=O) groups is 1. The van der Waals surface area contributed by atoms with Crippen LogP contribution in [0.15, 0.2) is 79.1 Å². The molecule has 2 aromatic heterocycles. The predicted octanol–water partition coefficient (Wildman–Crippen LogP) is 5.18. The molecule has 3 heterocycles. The summed E-state index contributed by atoms with van der Waals surface area (Å²) in [5.41, 5.74) is 5.00. The fourth-order valence-electron chi connectivity index (χ4n) is 3.94. The van der Waals surface area contributed by atoms with Gasteiger partial charge in [0.05, 0.1) is 24.5 Å². The van der Waals surface area contributed by atoms with Crippen molar-refractivity contribution in [3.05, 3.63) is 107 Å². The number of para-hydroxylation sites is 1. The summed E-state index contributed by atoms with van der Waals surface area (Å²) in [6.07, 6.45) is 7.36. The number of hydrogen-bond donors (Lipinski definition) is 0. The summed E-state index contributed by atoms with van der Waals surface area (Å²) >= 11 is 6.20. The highest BCUT2D eigenvalue weighted by Crippen LogP contribution is 2.31. The molecule has 5 rings (SSSR count). The van der Waals surface area contributed by atoms with Gasteiger partial charge in [0.2, 0.25) is 5.91 Å². The number of carbonyl (C=O) groups excluding carboxylic acids is 1. The number of halogens is 1. The lowest BCUT2D eigenvalue weighted by Gasteiger charge is -2.16. The predicted molar refractivity (Wildman–Crippen MR) is 122 cm³/mol. The molecule has 4 aromatic rings. The van der Waals surface area contributed by atoms with Crippen LogP contribution in [0.25, 0.3) is 17.6 Å². The van der Waals surface area contributed by atoms with Crippen molar-refractivity contribution in [3.8, 4) is 11.5 Å². The van der Waals surface area contributed by atoms with E-state index in [9.17, 15) is 4.79 Å². The highest BCUT2D eigenvalue weighted by Gasteiger charge is 2.30. The number of benzene rings is 2. The zero-order chi connectivity index (χ0) is 21.4. The van der Waals surface area contributed by atoms with Crippen molar-refractivity contribution in [2.24, 2.45) is 0 Å². The molecule has 0 radical (unpaired) electrons. The third-order valence-corrected chi connectivity index (χ3v) is 5.89. The van der Waals surface area contributed by atoms with Gasteiger partial charge < -0.3 is 9.47 Å². The summed E-state index contributed by atoms with van der Waals surface area (Å²) in [4.78, 5) is 14.7.